The summed E-state index contributed by atoms with van der Waals surface area (Å²) in [7, 11) is 0. The minimum atomic E-state index is 0.634. The van der Waals surface area contributed by atoms with Crippen LogP contribution in [-0.4, -0.2) is 17.3 Å². The number of hydrogen-bond donors (Lipinski definition) is 0. The summed E-state index contributed by atoms with van der Waals surface area (Å²) >= 11 is 0. The third-order valence-electron chi connectivity index (χ3n) is 10.7. The van der Waals surface area contributed by atoms with Crippen LogP contribution in [0.3, 0.4) is 0 Å². The van der Waals surface area contributed by atoms with Gasteiger partial charge < -0.3 is 4.57 Å². The average Bonchev–Trinajstić information content (AvgIpc) is 3.57. The lowest BCUT2D eigenvalue weighted by molar-refractivity contribution is 0.940. The first-order valence-electron chi connectivity index (χ1n) is 18.1. The zero-order chi connectivity index (χ0) is 35.3. The topological polar surface area (TPSA) is 41.1 Å². The molecule has 0 N–H and O–H groups in total. The Kier molecular flexibility index (Phi) is 7.34. The molecule has 9 aromatic rings. The largest absolute Gasteiger partial charge is 0.308 e. The van der Waals surface area contributed by atoms with Gasteiger partial charge >= 0.3 is 0 Å². The maximum absolute atomic E-state index is 10.2. The van der Waals surface area contributed by atoms with E-state index >= 15 is 0 Å². The number of nitrogens with zero attached hydrogens (tertiary/aromatic N) is 3. The van der Waals surface area contributed by atoms with Gasteiger partial charge in [-0.1, -0.05) is 127 Å². The summed E-state index contributed by atoms with van der Waals surface area (Å²) in [6.45, 7) is 0.826. The van der Waals surface area contributed by atoms with Crippen LogP contribution in [0.25, 0.3) is 82.6 Å². The normalized spacial score (nSPS) is 12.3. The molecule has 10 rings (SSSR count). The molecule has 3 heteroatoms. The van der Waals surface area contributed by atoms with E-state index in [0.29, 0.717) is 5.56 Å². The van der Waals surface area contributed by atoms with Crippen LogP contribution >= 0.6 is 0 Å². The summed E-state index contributed by atoms with van der Waals surface area (Å²) in [6, 6.07) is 62.9. The number of hydrogen-bond acceptors (Lipinski definition) is 2. The van der Waals surface area contributed by atoms with Crippen molar-refractivity contribution in [2.45, 2.75) is 6.42 Å². The van der Waals surface area contributed by atoms with Crippen LogP contribution in [0.4, 0.5) is 0 Å². The first kappa shape index (κ1) is 30.8. The number of nitriles is 1. The molecule has 0 amide bonds. The molecule has 1 aromatic heterocycles. The first-order chi connectivity index (χ1) is 26.2. The Morgan fingerprint density at radius 1 is 0.472 bits per heavy atom. The Bertz CT molecular complexity index is 2930. The zero-order valence-corrected chi connectivity index (χ0v) is 29.0. The van der Waals surface area contributed by atoms with Gasteiger partial charge in [-0.3, -0.25) is 4.99 Å². The van der Waals surface area contributed by atoms with Gasteiger partial charge in [0.2, 0.25) is 0 Å². The fourth-order valence-corrected chi connectivity index (χ4v) is 8.35. The Morgan fingerprint density at radius 3 is 1.72 bits per heavy atom. The molecule has 2 heterocycles. The molecular formula is C50H33N3. The van der Waals surface area contributed by atoms with Gasteiger partial charge in [-0.15, -0.1) is 0 Å². The summed E-state index contributed by atoms with van der Waals surface area (Å²) in [5, 5.41) is 16.4. The number of fused-ring (bicyclic) bond motifs is 5. The molecule has 53 heavy (non-hydrogen) atoms. The summed E-state index contributed by atoms with van der Waals surface area (Å²) < 4.78 is 2.32. The molecule has 1 aliphatic rings. The monoisotopic (exact) mass is 675 g/mol. The Hall–Kier alpha value is -7.02. The highest BCUT2D eigenvalue weighted by Gasteiger charge is 2.20. The van der Waals surface area contributed by atoms with Gasteiger partial charge in [0.15, 0.2) is 0 Å². The number of aliphatic imine (C=N–C) groups is 1. The molecular weight excluding hydrogens is 643 g/mol. The fourth-order valence-electron chi connectivity index (χ4n) is 8.35. The van der Waals surface area contributed by atoms with E-state index in [4.69, 9.17) is 0 Å². The van der Waals surface area contributed by atoms with E-state index in [1.54, 1.807) is 0 Å². The summed E-state index contributed by atoms with van der Waals surface area (Å²) in [5.41, 5.74) is 14.4. The molecule has 0 radical (unpaired) electrons. The Morgan fingerprint density at radius 2 is 1.04 bits per heavy atom. The lowest BCUT2D eigenvalue weighted by Crippen LogP contribution is -2.06. The van der Waals surface area contributed by atoms with E-state index in [1.807, 2.05) is 18.3 Å². The fraction of sp³-hybridized carbons (Fsp3) is 0.0400. The minimum absolute atomic E-state index is 0.634. The van der Waals surface area contributed by atoms with E-state index < -0.39 is 0 Å². The quantitative estimate of drug-likeness (QED) is 0.167. The maximum atomic E-state index is 10.2. The van der Waals surface area contributed by atoms with Crippen molar-refractivity contribution in [1.29, 1.82) is 5.26 Å². The molecule has 0 bridgehead atoms. The zero-order valence-electron chi connectivity index (χ0n) is 29.0. The van der Waals surface area contributed by atoms with Crippen molar-refractivity contribution < 1.29 is 0 Å². The van der Waals surface area contributed by atoms with Gasteiger partial charge in [0.25, 0.3) is 0 Å². The van der Waals surface area contributed by atoms with Crippen LogP contribution in [-0.2, 0) is 6.42 Å². The van der Waals surface area contributed by atoms with Crippen LogP contribution in [0, 0.1) is 11.3 Å². The van der Waals surface area contributed by atoms with E-state index in [1.165, 1.54) is 60.3 Å². The molecule has 248 valence electrons. The second-order valence-corrected chi connectivity index (χ2v) is 13.7. The number of aromatic nitrogens is 1. The third-order valence-corrected chi connectivity index (χ3v) is 10.7. The lowest BCUT2D eigenvalue weighted by atomic mass is 9.84. The molecule has 0 fully saturated rings. The highest BCUT2D eigenvalue weighted by molar-refractivity contribution is 6.22. The van der Waals surface area contributed by atoms with Crippen LogP contribution < -0.4 is 0 Å². The van der Waals surface area contributed by atoms with E-state index in [-0.39, 0.29) is 0 Å². The van der Waals surface area contributed by atoms with Crippen molar-refractivity contribution in [1.82, 2.24) is 4.57 Å². The van der Waals surface area contributed by atoms with Gasteiger partial charge in [-0.25, -0.2) is 0 Å². The molecule has 1 aliphatic heterocycles. The van der Waals surface area contributed by atoms with Crippen molar-refractivity contribution in [3.05, 3.63) is 187 Å². The van der Waals surface area contributed by atoms with Gasteiger partial charge in [0.05, 0.1) is 22.8 Å². The van der Waals surface area contributed by atoms with E-state index in [0.717, 1.165) is 46.6 Å². The molecule has 0 atom stereocenters. The first-order valence-corrected chi connectivity index (χ1v) is 18.1. The number of benzene rings is 8. The minimum Gasteiger partial charge on any atom is -0.308 e. The van der Waals surface area contributed by atoms with Gasteiger partial charge in [0, 0.05) is 23.8 Å². The molecule has 3 nitrogen and oxygen atoms in total. The summed E-state index contributed by atoms with van der Waals surface area (Å²) in [6.07, 6.45) is 2.97. The average molecular weight is 676 g/mol. The van der Waals surface area contributed by atoms with Crippen molar-refractivity contribution in [3.8, 4) is 56.3 Å². The maximum Gasteiger partial charge on any atom is 0.0992 e. The summed E-state index contributed by atoms with van der Waals surface area (Å²) in [5.74, 6) is 0. The standard InChI is InChI=1S/C50H33N3/c51-31-33-27-38(34-19-22-40(23-20-34)53-47-18-10-9-15-41(47)42-25-26-52-32-48(42)53)29-39(28-33)37-21-24-45-46(30-37)50(36-13-5-2-6-14-36)44-17-8-7-16-43(44)49(45)35-11-3-1-4-12-35/h1-24,27-30,32H,25-26H2. The highest BCUT2D eigenvalue weighted by atomic mass is 15.0. The SMILES string of the molecule is N#Cc1cc(-c2ccc(-n3c4c(c5ccccc53)CCN=C4)cc2)cc(-c2ccc3c(-c4ccccc4)c4ccccc4c(-c4ccccc4)c3c2)c1. The van der Waals surface area contributed by atoms with Crippen LogP contribution in [0.2, 0.25) is 0 Å². The Labute approximate surface area is 308 Å². The Balaban J connectivity index is 1.13. The van der Waals surface area contributed by atoms with Crippen molar-refractivity contribution >= 4 is 38.7 Å². The van der Waals surface area contributed by atoms with Gasteiger partial charge in [-0.2, -0.15) is 5.26 Å². The second-order valence-electron chi connectivity index (χ2n) is 13.7. The van der Waals surface area contributed by atoms with E-state index in [9.17, 15) is 5.26 Å². The van der Waals surface area contributed by atoms with Crippen LogP contribution in [0.15, 0.2) is 175 Å². The summed E-state index contributed by atoms with van der Waals surface area (Å²) in [4.78, 5) is 4.62. The second kappa shape index (κ2) is 12.6. The number of rotatable bonds is 5. The van der Waals surface area contributed by atoms with Crippen molar-refractivity contribution in [2.24, 2.45) is 4.99 Å². The molecule has 8 aromatic carbocycles. The third kappa shape index (κ3) is 5.15. The molecule has 0 saturated heterocycles. The highest BCUT2D eigenvalue weighted by Crippen LogP contribution is 2.45. The van der Waals surface area contributed by atoms with E-state index in [2.05, 4.69) is 173 Å². The predicted molar refractivity (Wildman–Crippen MR) is 221 cm³/mol. The molecule has 0 unspecified atom stereocenters. The van der Waals surface area contributed by atoms with Crippen LogP contribution in [0.5, 0.6) is 0 Å². The van der Waals surface area contributed by atoms with Gasteiger partial charge in [-0.05, 0) is 121 Å². The predicted octanol–water partition coefficient (Wildman–Crippen LogP) is 12.5. The molecule has 0 saturated carbocycles. The van der Waals surface area contributed by atoms with Crippen LogP contribution in [0.1, 0.15) is 16.8 Å². The molecule has 0 aliphatic carbocycles. The van der Waals surface area contributed by atoms with Crippen molar-refractivity contribution in [3.63, 3.8) is 0 Å². The van der Waals surface area contributed by atoms with Crippen molar-refractivity contribution in [2.75, 3.05) is 6.54 Å². The molecule has 0 spiro atoms. The smallest absolute Gasteiger partial charge is 0.0992 e. The van der Waals surface area contributed by atoms with Gasteiger partial charge in [0.1, 0.15) is 0 Å². The number of para-hydroxylation sites is 1. The lowest BCUT2D eigenvalue weighted by Gasteiger charge is -2.19.